The van der Waals surface area contributed by atoms with Gasteiger partial charge in [0.15, 0.2) is 10.7 Å². The van der Waals surface area contributed by atoms with E-state index in [-0.39, 0.29) is 23.2 Å². The predicted octanol–water partition coefficient (Wildman–Crippen LogP) is 1.21. The molecular formula is C12H16N4O4S2. The zero-order chi connectivity index (χ0) is 16.3. The van der Waals surface area contributed by atoms with Crippen LogP contribution in [0.3, 0.4) is 0 Å². The zero-order valence-corrected chi connectivity index (χ0v) is 13.7. The summed E-state index contributed by atoms with van der Waals surface area (Å²) < 4.78 is 26.6. The third kappa shape index (κ3) is 3.90. The van der Waals surface area contributed by atoms with Crippen LogP contribution in [-0.4, -0.2) is 41.0 Å². The Kier molecular flexibility index (Phi) is 4.94. The summed E-state index contributed by atoms with van der Waals surface area (Å²) in [6, 6.07) is 0. The maximum absolute atomic E-state index is 12.1. The van der Waals surface area contributed by atoms with Crippen LogP contribution in [0.5, 0.6) is 0 Å². The Hall–Kier alpha value is -1.78. The average molecular weight is 344 g/mol. The van der Waals surface area contributed by atoms with Gasteiger partial charge in [-0.1, -0.05) is 13.8 Å². The first-order valence-corrected chi connectivity index (χ1v) is 8.88. The Morgan fingerprint density at radius 1 is 1.50 bits per heavy atom. The largest absolute Gasteiger partial charge is 0.476 e. The minimum Gasteiger partial charge on any atom is -0.476 e. The molecule has 22 heavy (non-hydrogen) atoms. The fourth-order valence-electron chi connectivity index (χ4n) is 1.64. The third-order valence-electron chi connectivity index (χ3n) is 2.81. The third-order valence-corrected chi connectivity index (χ3v) is 5.09. The molecule has 2 aromatic heterocycles. The summed E-state index contributed by atoms with van der Waals surface area (Å²) in [6.45, 7) is 3.95. The Morgan fingerprint density at radius 2 is 2.23 bits per heavy atom. The molecule has 0 aliphatic carbocycles. The van der Waals surface area contributed by atoms with Gasteiger partial charge in [0.25, 0.3) is 10.0 Å². The molecule has 0 aliphatic rings. The summed E-state index contributed by atoms with van der Waals surface area (Å²) >= 11 is 1.19. The number of imidazole rings is 1. The van der Waals surface area contributed by atoms with Crippen molar-refractivity contribution in [3.05, 3.63) is 28.1 Å². The van der Waals surface area contributed by atoms with Crippen LogP contribution < -0.4 is 4.72 Å². The highest BCUT2D eigenvalue weighted by molar-refractivity contribution is 7.89. The molecule has 2 heterocycles. The van der Waals surface area contributed by atoms with Crippen molar-refractivity contribution in [3.63, 3.8) is 0 Å². The second kappa shape index (κ2) is 6.55. The fraction of sp³-hybridized carbons (Fsp3) is 0.417. The minimum absolute atomic E-state index is 0.0153. The van der Waals surface area contributed by atoms with Crippen LogP contribution in [0.2, 0.25) is 0 Å². The number of aromatic nitrogens is 3. The fourth-order valence-corrected chi connectivity index (χ4v) is 3.37. The standard InChI is InChI=1S/C12H16N4O4S2/c1-7(2)11-13-5-10(16-11)22(19,20)14-4-3-9-15-8(6-21-9)12(17)18/h5-7,14H,3-4H2,1-2H3,(H,13,16)(H,17,18). The van der Waals surface area contributed by atoms with Gasteiger partial charge in [-0.25, -0.2) is 27.9 Å². The molecule has 2 rings (SSSR count). The highest BCUT2D eigenvalue weighted by Crippen LogP contribution is 2.13. The van der Waals surface area contributed by atoms with Crippen LogP contribution in [-0.2, 0) is 16.4 Å². The molecular weight excluding hydrogens is 328 g/mol. The van der Waals surface area contributed by atoms with Gasteiger partial charge in [-0.15, -0.1) is 11.3 Å². The Labute approximate surface area is 131 Å². The lowest BCUT2D eigenvalue weighted by Crippen LogP contribution is -2.26. The van der Waals surface area contributed by atoms with Crippen molar-refractivity contribution in [2.24, 2.45) is 0 Å². The molecule has 3 N–H and O–H groups in total. The molecule has 0 saturated carbocycles. The second-order valence-electron chi connectivity index (χ2n) is 4.87. The van der Waals surface area contributed by atoms with Crippen LogP contribution >= 0.6 is 11.3 Å². The minimum atomic E-state index is -3.66. The SMILES string of the molecule is CC(C)c1ncc(S(=O)(=O)NCCc2nc(C(=O)O)cs2)[nH]1. The number of nitrogens with one attached hydrogen (secondary N) is 2. The van der Waals surface area contributed by atoms with E-state index in [1.54, 1.807) is 0 Å². The number of aromatic carboxylic acids is 1. The molecule has 10 heteroatoms. The van der Waals surface area contributed by atoms with Gasteiger partial charge >= 0.3 is 5.97 Å². The normalized spacial score (nSPS) is 12.0. The van der Waals surface area contributed by atoms with Gasteiger partial charge in [0, 0.05) is 24.3 Å². The number of carboxylic acids is 1. The van der Waals surface area contributed by atoms with E-state index in [0.717, 1.165) is 0 Å². The van der Waals surface area contributed by atoms with Crippen molar-refractivity contribution < 1.29 is 18.3 Å². The van der Waals surface area contributed by atoms with E-state index in [4.69, 9.17) is 5.11 Å². The smallest absolute Gasteiger partial charge is 0.355 e. The first-order valence-electron chi connectivity index (χ1n) is 6.52. The van der Waals surface area contributed by atoms with Gasteiger partial charge in [0.05, 0.1) is 11.2 Å². The molecule has 0 unspecified atom stereocenters. The molecule has 0 saturated heterocycles. The number of carbonyl (C=O) groups is 1. The van der Waals surface area contributed by atoms with Gasteiger partial charge in [-0.2, -0.15) is 0 Å². The van der Waals surface area contributed by atoms with Gasteiger partial charge in [0.1, 0.15) is 5.82 Å². The van der Waals surface area contributed by atoms with Gasteiger partial charge in [-0.3, -0.25) is 0 Å². The van der Waals surface area contributed by atoms with E-state index in [9.17, 15) is 13.2 Å². The van der Waals surface area contributed by atoms with Gasteiger partial charge in [0.2, 0.25) is 0 Å². The number of hydrogen-bond acceptors (Lipinski definition) is 6. The van der Waals surface area contributed by atoms with Crippen molar-refractivity contribution in [3.8, 4) is 0 Å². The number of rotatable bonds is 7. The number of thiazole rings is 1. The summed E-state index contributed by atoms with van der Waals surface area (Å²) in [5.41, 5.74) is -0.0296. The van der Waals surface area contributed by atoms with Crippen molar-refractivity contribution in [1.82, 2.24) is 19.7 Å². The molecule has 0 aliphatic heterocycles. The predicted molar refractivity (Wildman–Crippen MR) is 80.6 cm³/mol. The molecule has 0 fully saturated rings. The molecule has 8 nitrogen and oxygen atoms in total. The Morgan fingerprint density at radius 3 is 2.77 bits per heavy atom. The van der Waals surface area contributed by atoms with Crippen LogP contribution in [0.15, 0.2) is 16.6 Å². The zero-order valence-electron chi connectivity index (χ0n) is 12.0. The lowest BCUT2D eigenvalue weighted by Gasteiger charge is -2.03. The monoisotopic (exact) mass is 344 g/mol. The van der Waals surface area contributed by atoms with E-state index in [1.807, 2.05) is 13.8 Å². The summed E-state index contributed by atoms with van der Waals surface area (Å²) in [6.07, 6.45) is 1.60. The van der Waals surface area contributed by atoms with Crippen molar-refractivity contribution in [2.45, 2.75) is 31.2 Å². The molecule has 0 amide bonds. The molecule has 0 atom stereocenters. The molecule has 0 radical (unpaired) electrons. The number of H-pyrrole nitrogens is 1. The topological polar surface area (TPSA) is 125 Å². The number of carboxylic acid groups (broad SMARTS) is 1. The first-order chi connectivity index (χ1) is 10.3. The Bertz CT molecular complexity index is 764. The van der Waals surface area contributed by atoms with E-state index in [1.165, 1.54) is 22.9 Å². The van der Waals surface area contributed by atoms with Crippen molar-refractivity contribution >= 4 is 27.3 Å². The molecule has 120 valence electrons. The van der Waals surface area contributed by atoms with Crippen LogP contribution in [0.4, 0.5) is 0 Å². The lowest BCUT2D eigenvalue weighted by atomic mass is 10.2. The average Bonchev–Trinajstić information content (AvgIpc) is 3.07. The highest BCUT2D eigenvalue weighted by atomic mass is 32.2. The summed E-state index contributed by atoms with van der Waals surface area (Å²) in [4.78, 5) is 21.4. The van der Waals surface area contributed by atoms with Crippen LogP contribution in [0.25, 0.3) is 0 Å². The van der Waals surface area contributed by atoms with Crippen LogP contribution in [0, 0.1) is 0 Å². The number of sulfonamides is 1. The molecule has 0 spiro atoms. The summed E-state index contributed by atoms with van der Waals surface area (Å²) in [5, 5.41) is 10.8. The summed E-state index contributed by atoms with van der Waals surface area (Å²) in [7, 11) is -3.66. The first kappa shape index (κ1) is 16.6. The summed E-state index contributed by atoms with van der Waals surface area (Å²) in [5.74, 6) is -0.387. The molecule has 0 bridgehead atoms. The Balaban J connectivity index is 1.95. The van der Waals surface area contributed by atoms with E-state index in [0.29, 0.717) is 17.3 Å². The van der Waals surface area contributed by atoms with Gasteiger partial charge in [-0.05, 0) is 0 Å². The van der Waals surface area contributed by atoms with E-state index in [2.05, 4.69) is 19.7 Å². The lowest BCUT2D eigenvalue weighted by molar-refractivity contribution is 0.0691. The molecule has 2 aromatic rings. The molecule has 0 aromatic carbocycles. The van der Waals surface area contributed by atoms with E-state index < -0.39 is 16.0 Å². The number of aromatic amines is 1. The second-order valence-corrected chi connectivity index (χ2v) is 7.54. The quantitative estimate of drug-likeness (QED) is 0.693. The van der Waals surface area contributed by atoms with Crippen molar-refractivity contribution in [1.29, 1.82) is 0 Å². The van der Waals surface area contributed by atoms with Crippen molar-refractivity contribution in [2.75, 3.05) is 6.54 Å². The maximum atomic E-state index is 12.1. The van der Waals surface area contributed by atoms with E-state index >= 15 is 0 Å². The van der Waals surface area contributed by atoms with Gasteiger partial charge < -0.3 is 10.1 Å². The number of nitrogens with zero attached hydrogens (tertiary/aromatic N) is 2. The number of hydrogen-bond donors (Lipinski definition) is 3. The maximum Gasteiger partial charge on any atom is 0.355 e. The highest BCUT2D eigenvalue weighted by Gasteiger charge is 2.18. The van der Waals surface area contributed by atoms with Crippen LogP contribution in [0.1, 0.15) is 41.1 Å².